The van der Waals surface area contributed by atoms with Crippen LogP contribution in [0.25, 0.3) is 0 Å². The van der Waals surface area contributed by atoms with Gasteiger partial charge in [-0.05, 0) is 32.4 Å². The minimum absolute atomic E-state index is 0.252. The number of carbonyl (C=O) groups is 1. The normalized spacial score (nSPS) is 32.8. The van der Waals surface area contributed by atoms with Crippen molar-refractivity contribution < 1.29 is 9.90 Å². The molecule has 0 aromatic carbocycles. The van der Waals surface area contributed by atoms with E-state index in [9.17, 15) is 4.79 Å². The third-order valence-corrected chi connectivity index (χ3v) is 3.49. The summed E-state index contributed by atoms with van der Waals surface area (Å²) in [5.41, 5.74) is 0. The van der Waals surface area contributed by atoms with Crippen molar-refractivity contribution in [2.45, 2.75) is 38.1 Å². The van der Waals surface area contributed by atoms with Crippen molar-refractivity contribution >= 4 is 5.97 Å². The molecule has 1 aliphatic carbocycles. The maximum Gasteiger partial charge on any atom is 0.310 e. The van der Waals surface area contributed by atoms with E-state index in [1.54, 1.807) is 0 Å². The van der Waals surface area contributed by atoms with E-state index in [1.165, 1.54) is 25.7 Å². The molecule has 2 unspecified atom stereocenters. The van der Waals surface area contributed by atoms with Crippen LogP contribution in [0.2, 0.25) is 0 Å². The standard InChI is InChI=1S/C12H19NO2/c14-12(15)10-5-6-11(9-10)13-7-3-1-2-4-8-13/h5-6,10-11H,1-4,7-9H2,(H,14,15). The van der Waals surface area contributed by atoms with Crippen LogP contribution in [0.3, 0.4) is 0 Å². The van der Waals surface area contributed by atoms with Gasteiger partial charge >= 0.3 is 5.97 Å². The smallest absolute Gasteiger partial charge is 0.310 e. The monoisotopic (exact) mass is 209 g/mol. The van der Waals surface area contributed by atoms with Crippen LogP contribution in [0.15, 0.2) is 12.2 Å². The van der Waals surface area contributed by atoms with Gasteiger partial charge in [-0.2, -0.15) is 0 Å². The topological polar surface area (TPSA) is 40.5 Å². The van der Waals surface area contributed by atoms with Gasteiger partial charge in [-0.25, -0.2) is 0 Å². The van der Waals surface area contributed by atoms with Gasteiger partial charge in [0.05, 0.1) is 5.92 Å². The molecule has 0 amide bonds. The molecule has 1 fully saturated rings. The summed E-state index contributed by atoms with van der Waals surface area (Å²) < 4.78 is 0. The number of likely N-dealkylation sites (tertiary alicyclic amines) is 1. The summed E-state index contributed by atoms with van der Waals surface area (Å²) in [4.78, 5) is 13.3. The maximum absolute atomic E-state index is 10.8. The number of hydrogen-bond acceptors (Lipinski definition) is 2. The lowest BCUT2D eigenvalue weighted by Crippen LogP contribution is -2.34. The Morgan fingerprint density at radius 1 is 1.13 bits per heavy atom. The zero-order valence-corrected chi connectivity index (χ0v) is 9.06. The van der Waals surface area contributed by atoms with Gasteiger partial charge in [-0.15, -0.1) is 0 Å². The van der Waals surface area contributed by atoms with E-state index in [2.05, 4.69) is 11.0 Å². The highest BCUT2D eigenvalue weighted by Crippen LogP contribution is 2.24. The first kappa shape index (κ1) is 10.7. The molecule has 0 aromatic rings. The molecular weight excluding hydrogens is 190 g/mol. The van der Waals surface area contributed by atoms with Gasteiger partial charge in [0.2, 0.25) is 0 Å². The van der Waals surface area contributed by atoms with Crippen molar-refractivity contribution in [3.8, 4) is 0 Å². The lowest BCUT2D eigenvalue weighted by atomic mass is 10.1. The second-order valence-electron chi connectivity index (χ2n) is 4.58. The van der Waals surface area contributed by atoms with Gasteiger partial charge < -0.3 is 5.11 Å². The van der Waals surface area contributed by atoms with Crippen LogP contribution in [0.1, 0.15) is 32.1 Å². The second-order valence-corrected chi connectivity index (χ2v) is 4.58. The van der Waals surface area contributed by atoms with Crippen LogP contribution in [0, 0.1) is 5.92 Å². The molecule has 1 saturated heterocycles. The largest absolute Gasteiger partial charge is 0.481 e. The fourth-order valence-electron chi connectivity index (χ4n) is 2.56. The summed E-state index contributed by atoms with van der Waals surface area (Å²) >= 11 is 0. The molecule has 15 heavy (non-hydrogen) atoms. The highest BCUT2D eigenvalue weighted by Gasteiger charge is 2.28. The first-order chi connectivity index (χ1) is 7.27. The minimum atomic E-state index is -0.677. The van der Waals surface area contributed by atoms with Crippen molar-refractivity contribution in [1.29, 1.82) is 0 Å². The summed E-state index contributed by atoms with van der Waals surface area (Å²) in [5, 5.41) is 8.92. The molecular formula is C12H19NO2. The SMILES string of the molecule is O=C(O)C1C=CC(N2CCCCCC2)C1. The Kier molecular flexibility index (Phi) is 3.41. The van der Waals surface area contributed by atoms with E-state index in [-0.39, 0.29) is 5.92 Å². The van der Waals surface area contributed by atoms with Crippen molar-refractivity contribution in [3.05, 3.63) is 12.2 Å². The molecule has 1 N–H and O–H groups in total. The van der Waals surface area contributed by atoms with Crippen molar-refractivity contribution in [2.75, 3.05) is 13.1 Å². The number of aliphatic carboxylic acids is 1. The Labute approximate surface area is 90.8 Å². The molecule has 3 heteroatoms. The zero-order chi connectivity index (χ0) is 10.7. The predicted molar refractivity (Wildman–Crippen MR) is 58.7 cm³/mol. The van der Waals surface area contributed by atoms with Crippen molar-refractivity contribution in [2.24, 2.45) is 5.92 Å². The molecule has 2 atom stereocenters. The zero-order valence-electron chi connectivity index (χ0n) is 9.06. The van der Waals surface area contributed by atoms with Crippen molar-refractivity contribution in [1.82, 2.24) is 4.90 Å². The highest BCUT2D eigenvalue weighted by molar-refractivity contribution is 5.73. The molecule has 84 valence electrons. The molecule has 3 nitrogen and oxygen atoms in total. The summed E-state index contributed by atoms with van der Waals surface area (Å²) in [6.45, 7) is 2.28. The Balaban J connectivity index is 1.89. The first-order valence-electron chi connectivity index (χ1n) is 5.92. The molecule has 1 heterocycles. The van der Waals surface area contributed by atoms with Gasteiger partial charge in [0.15, 0.2) is 0 Å². The third kappa shape index (κ3) is 2.59. The predicted octanol–water partition coefficient (Wildman–Crippen LogP) is 1.89. The van der Waals surface area contributed by atoms with E-state index in [0.717, 1.165) is 19.5 Å². The average Bonchev–Trinajstić information content (AvgIpc) is 2.55. The Hall–Kier alpha value is -0.830. The van der Waals surface area contributed by atoms with Crippen LogP contribution in [-0.4, -0.2) is 35.1 Å². The van der Waals surface area contributed by atoms with Crippen LogP contribution in [0.4, 0.5) is 0 Å². The number of rotatable bonds is 2. The summed E-state index contributed by atoms with van der Waals surface area (Å²) in [5.74, 6) is -0.929. The summed E-state index contributed by atoms with van der Waals surface area (Å²) in [7, 11) is 0. The van der Waals surface area contributed by atoms with Crippen molar-refractivity contribution in [3.63, 3.8) is 0 Å². The van der Waals surface area contributed by atoms with Gasteiger partial charge in [-0.1, -0.05) is 25.0 Å². The van der Waals surface area contributed by atoms with Gasteiger partial charge in [0.1, 0.15) is 0 Å². The Morgan fingerprint density at radius 2 is 1.80 bits per heavy atom. The highest BCUT2D eigenvalue weighted by atomic mass is 16.4. The van der Waals surface area contributed by atoms with Crippen LogP contribution >= 0.6 is 0 Å². The van der Waals surface area contributed by atoms with Gasteiger partial charge in [-0.3, -0.25) is 9.69 Å². The summed E-state index contributed by atoms with van der Waals surface area (Å²) in [6.07, 6.45) is 9.91. The van der Waals surface area contributed by atoms with E-state index < -0.39 is 5.97 Å². The molecule has 2 rings (SSSR count). The van der Waals surface area contributed by atoms with Crippen LogP contribution < -0.4 is 0 Å². The third-order valence-electron chi connectivity index (χ3n) is 3.49. The Bertz CT molecular complexity index is 254. The molecule has 0 bridgehead atoms. The molecule has 0 aromatic heterocycles. The molecule has 0 saturated carbocycles. The van der Waals surface area contributed by atoms with E-state index >= 15 is 0 Å². The lowest BCUT2D eigenvalue weighted by molar-refractivity contribution is -0.140. The number of hydrogen-bond donors (Lipinski definition) is 1. The number of carboxylic acids is 1. The molecule has 0 spiro atoms. The van der Waals surface area contributed by atoms with Gasteiger partial charge in [0.25, 0.3) is 0 Å². The number of carboxylic acid groups (broad SMARTS) is 1. The molecule has 2 aliphatic rings. The fourth-order valence-corrected chi connectivity index (χ4v) is 2.56. The minimum Gasteiger partial charge on any atom is -0.481 e. The second kappa shape index (κ2) is 4.79. The fraction of sp³-hybridized carbons (Fsp3) is 0.750. The first-order valence-corrected chi connectivity index (χ1v) is 5.92. The lowest BCUT2D eigenvalue weighted by Gasteiger charge is -2.26. The van der Waals surface area contributed by atoms with E-state index in [1.807, 2.05) is 6.08 Å². The summed E-state index contributed by atoms with van der Waals surface area (Å²) in [6, 6.07) is 0.379. The van der Waals surface area contributed by atoms with E-state index in [0.29, 0.717) is 6.04 Å². The maximum atomic E-state index is 10.8. The van der Waals surface area contributed by atoms with Crippen LogP contribution in [-0.2, 0) is 4.79 Å². The van der Waals surface area contributed by atoms with Crippen LogP contribution in [0.5, 0.6) is 0 Å². The molecule has 1 aliphatic heterocycles. The van der Waals surface area contributed by atoms with E-state index in [4.69, 9.17) is 5.11 Å². The quantitative estimate of drug-likeness (QED) is 0.706. The number of nitrogens with zero attached hydrogens (tertiary/aromatic N) is 1. The molecule has 0 radical (unpaired) electrons. The Morgan fingerprint density at radius 3 is 2.33 bits per heavy atom. The average molecular weight is 209 g/mol. The van der Waals surface area contributed by atoms with Gasteiger partial charge in [0, 0.05) is 6.04 Å².